The Labute approximate surface area is 157 Å². The Morgan fingerprint density at radius 2 is 1.65 bits per heavy atom. The van der Waals surface area contributed by atoms with E-state index >= 15 is 0 Å². The number of rotatable bonds is 5. The average Bonchev–Trinajstić information content (AvgIpc) is 3.22. The van der Waals surface area contributed by atoms with Gasteiger partial charge in [0, 0.05) is 18.3 Å². The van der Waals surface area contributed by atoms with Crippen LogP contribution in [0, 0.1) is 0 Å². The summed E-state index contributed by atoms with van der Waals surface area (Å²) in [5.41, 5.74) is 2.34. The monoisotopic (exact) mass is 364 g/mol. The van der Waals surface area contributed by atoms with Gasteiger partial charge in [0.25, 0.3) is 11.8 Å². The van der Waals surface area contributed by atoms with E-state index in [1.54, 1.807) is 42.3 Å². The molecule has 2 aromatic carbocycles. The van der Waals surface area contributed by atoms with E-state index in [0.29, 0.717) is 16.1 Å². The van der Waals surface area contributed by atoms with Crippen LogP contribution in [0.5, 0.6) is 0 Å². The molecule has 3 rings (SSSR count). The van der Waals surface area contributed by atoms with Gasteiger partial charge in [-0.15, -0.1) is 11.3 Å². The predicted octanol–water partition coefficient (Wildman–Crippen LogP) is 4.83. The second kappa shape index (κ2) is 7.97. The van der Waals surface area contributed by atoms with Crippen LogP contribution in [-0.4, -0.2) is 23.8 Å². The third kappa shape index (κ3) is 4.00. The SMILES string of the molecule is CC(c1ccccc1)N(C)C(=O)c1ccc(NC(=O)c2cccs2)cc1. The second-order valence-electron chi connectivity index (χ2n) is 6.01. The van der Waals surface area contributed by atoms with Crippen LogP contribution in [0.3, 0.4) is 0 Å². The molecule has 4 nitrogen and oxygen atoms in total. The number of hydrogen-bond donors (Lipinski definition) is 1. The van der Waals surface area contributed by atoms with Crippen LogP contribution in [0.25, 0.3) is 0 Å². The number of benzene rings is 2. The third-order valence-corrected chi connectivity index (χ3v) is 5.19. The average molecular weight is 364 g/mol. The zero-order chi connectivity index (χ0) is 18.5. The van der Waals surface area contributed by atoms with Gasteiger partial charge in [0.2, 0.25) is 0 Å². The number of nitrogens with one attached hydrogen (secondary N) is 1. The molecule has 0 saturated heterocycles. The lowest BCUT2D eigenvalue weighted by atomic mass is 10.1. The van der Waals surface area contributed by atoms with Crippen molar-refractivity contribution in [3.05, 3.63) is 88.1 Å². The van der Waals surface area contributed by atoms with Crippen molar-refractivity contribution in [2.75, 3.05) is 12.4 Å². The first-order valence-corrected chi connectivity index (χ1v) is 9.21. The molecular formula is C21H20N2O2S. The maximum Gasteiger partial charge on any atom is 0.265 e. The number of thiophene rings is 1. The molecule has 1 heterocycles. The Bertz CT molecular complexity index is 874. The first-order valence-electron chi connectivity index (χ1n) is 8.33. The van der Waals surface area contributed by atoms with Crippen LogP contribution in [0.4, 0.5) is 5.69 Å². The fourth-order valence-corrected chi connectivity index (χ4v) is 3.25. The van der Waals surface area contributed by atoms with Gasteiger partial charge in [-0.1, -0.05) is 36.4 Å². The van der Waals surface area contributed by atoms with Gasteiger partial charge in [0.05, 0.1) is 10.9 Å². The smallest absolute Gasteiger partial charge is 0.265 e. The Kier molecular flexibility index (Phi) is 5.49. The quantitative estimate of drug-likeness (QED) is 0.705. The normalized spacial score (nSPS) is 11.6. The van der Waals surface area contributed by atoms with E-state index < -0.39 is 0 Å². The fourth-order valence-electron chi connectivity index (χ4n) is 2.63. The van der Waals surface area contributed by atoms with Gasteiger partial charge in [0.15, 0.2) is 0 Å². The Hall–Kier alpha value is -2.92. The minimum absolute atomic E-state index is 0.0260. The topological polar surface area (TPSA) is 49.4 Å². The minimum Gasteiger partial charge on any atom is -0.335 e. The Morgan fingerprint density at radius 3 is 2.27 bits per heavy atom. The molecule has 0 fully saturated rings. The molecule has 0 saturated carbocycles. The summed E-state index contributed by atoms with van der Waals surface area (Å²) in [5, 5.41) is 4.70. The van der Waals surface area contributed by atoms with E-state index in [1.165, 1.54) is 11.3 Å². The molecule has 0 aliphatic heterocycles. The lowest BCUT2D eigenvalue weighted by Gasteiger charge is -2.25. The van der Waals surface area contributed by atoms with Crippen molar-refractivity contribution >= 4 is 28.8 Å². The molecule has 3 aromatic rings. The highest BCUT2D eigenvalue weighted by atomic mass is 32.1. The largest absolute Gasteiger partial charge is 0.335 e. The summed E-state index contributed by atoms with van der Waals surface area (Å²) in [6.07, 6.45) is 0. The van der Waals surface area contributed by atoms with Gasteiger partial charge in [-0.25, -0.2) is 0 Å². The maximum atomic E-state index is 12.7. The molecule has 0 aliphatic rings. The van der Waals surface area contributed by atoms with Crippen LogP contribution in [0.15, 0.2) is 72.1 Å². The molecule has 5 heteroatoms. The van der Waals surface area contributed by atoms with E-state index in [0.717, 1.165) is 5.56 Å². The maximum absolute atomic E-state index is 12.7. The van der Waals surface area contributed by atoms with Crippen LogP contribution < -0.4 is 5.32 Å². The van der Waals surface area contributed by atoms with Crippen molar-refractivity contribution in [3.8, 4) is 0 Å². The van der Waals surface area contributed by atoms with E-state index in [4.69, 9.17) is 0 Å². The summed E-state index contributed by atoms with van der Waals surface area (Å²) in [6.45, 7) is 2.00. The third-order valence-electron chi connectivity index (χ3n) is 4.32. The van der Waals surface area contributed by atoms with Gasteiger partial charge in [-0.2, -0.15) is 0 Å². The van der Waals surface area contributed by atoms with E-state index in [-0.39, 0.29) is 17.9 Å². The summed E-state index contributed by atoms with van der Waals surface area (Å²) in [7, 11) is 1.80. The van der Waals surface area contributed by atoms with Gasteiger partial charge in [-0.3, -0.25) is 9.59 Å². The van der Waals surface area contributed by atoms with Crippen molar-refractivity contribution in [2.24, 2.45) is 0 Å². The molecule has 0 aliphatic carbocycles. The molecule has 0 radical (unpaired) electrons. The number of carbonyl (C=O) groups excluding carboxylic acids is 2. The summed E-state index contributed by atoms with van der Waals surface area (Å²) in [6, 6.07) is 20.5. The van der Waals surface area contributed by atoms with Crippen LogP contribution >= 0.6 is 11.3 Å². The second-order valence-corrected chi connectivity index (χ2v) is 6.96. The highest BCUT2D eigenvalue weighted by Gasteiger charge is 2.18. The summed E-state index contributed by atoms with van der Waals surface area (Å²) >= 11 is 1.39. The first kappa shape index (κ1) is 17.9. The van der Waals surface area contributed by atoms with Crippen molar-refractivity contribution in [1.82, 2.24) is 4.90 Å². The van der Waals surface area contributed by atoms with E-state index in [2.05, 4.69) is 5.32 Å². The molecule has 0 bridgehead atoms. The molecule has 1 atom stereocenters. The Morgan fingerprint density at radius 1 is 0.962 bits per heavy atom. The molecule has 2 amide bonds. The molecule has 0 spiro atoms. The number of carbonyl (C=O) groups is 2. The predicted molar refractivity (Wildman–Crippen MR) is 106 cm³/mol. The van der Waals surface area contributed by atoms with Crippen molar-refractivity contribution in [3.63, 3.8) is 0 Å². The molecule has 26 heavy (non-hydrogen) atoms. The van der Waals surface area contributed by atoms with Gasteiger partial charge in [0.1, 0.15) is 0 Å². The van der Waals surface area contributed by atoms with Crippen LogP contribution in [-0.2, 0) is 0 Å². The lowest BCUT2D eigenvalue weighted by Crippen LogP contribution is -2.29. The number of nitrogens with zero attached hydrogens (tertiary/aromatic N) is 1. The summed E-state index contributed by atoms with van der Waals surface area (Å²) in [5.74, 6) is -0.202. The molecular weight excluding hydrogens is 344 g/mol. The highest BCUT2D eigenvalue weighted by Crippen LogP contribution is 2.21. The van der Waals surface area contributed by atoms with E-state index in [1.807, 2.05) is 48.7 Å². The zero-order valence-corrected chi connectivity index (χ0v) is 15.5. The van der Waals surface area contributed by atoms with Gasteiger partial charge in [-0.05, 0) is 48.2 Å². The number of amides is 2. The Balaban J connectivity index is 1.67. The molecule has 1 N–H and O–H groups in total. The zero-order valence-electron chi connectivity index (χ0n) is 14.7. The van der Waals surface area contributed by atoms with Gasteiger partial charge < -0.3 is 10.2 Å². The standard InChI is InChI=1S/C21H20N2O2S/c1-15(16-7-4-3-5-8-16)23(2)21(25)17-10-12-18(13-11-17)22-20(24)19-9-6-14-26-19/h3-15H,1-2H3,(H,22,24). The van der Waals surface area contributed by atoms with Crippen molar-refractivity contribution in [2.45, 2.75) is 13.0 Å². The molecule has 1 aromatic heterocycles. The molecule has 1 unspecified atom stereocenters. The van der Waals surface area contributed by atoms with E-state index in [9.17, 15) is 9.59 Å². The van der Waals surface area contributed by atoms with Crippen LogP contribution in [0.1, 0.15) is 38.6 Å². The highest BCUT2D eigenvalue weighted by molar-refractivity contribution is 7.12. The van der Waals surface area contributed by atoms with Gasteiger partial charge >= 0.3 is 0 Å². The summed E-state index contributed by atoms with van der Waals surface area (Å²) < 4.78 is 0. The molecule has 132 valence electrons. The minimum atomic E-state index is -0.145. The number of hydrogen-bond acceptors (Lipinski definition) is 3. The van der Waals surface area contributed by atoms with Crippen molar-refractivity contribution in [1.29, 1.82) is 0 Å². The fraction of sp³-hybridized carbons (Fsp3) is 0.143. The number of anilines is 1. The first-order chi connectivity index (χ1) is 12.6. The lowest BCUT2D eigenvalue weighted by molar-refractivity contribution is 0.0742. The van der Waals surface area contributed by atoms with Crippen LogP contribution in [0.2, 0.25) is 0 Å². The summed E-state index contributed by atoms with van der Waals surface area (Å²) in [4.78, 5) is 27.2. The van der Waals surface area contributed by atoms with Crippen molar-refractivity contribution < 1.29 is 9.59 Å².